The summed E-state index contributed by atoms with van der Waals surface area (Å²) in [6, 6.07) is 11.3. The van der Waals surface area contributed by atoms with Crippen LogP contribution in [0.1, 0.15) is 0 Å². The lowest BCUT2D eigenvalue weighted by molar-refractivity contribution is -0.113. The number of halogens is 3. The number of hydrogen-bond donors (Lipinski definition) is 1. The van der Waals surface area contributed by atoms with Crippen LogP contribution in [-0.2, 0) is 11.8 Å². The molecule has 2 aromatic carbocycles. The molecule has 1 aromatic heterocycles. The van der Waals surface area contributed by atoms with E-state index in [4.69, 9.17) is 23.2 Å². The van der Waals surface area contributed by atoms with Gasteiger partial charge in [0.15, 0.2) is 11.0 Å². The number of benzene rings is 2. The van der Waals surface area contributed by atoms with E-state index in [9.17, 15) is 9.18 Å². The van der Waals surface area contributed by atoms with Gasteiger partial charge in [-0.3, -0.25) is 4.79 Å². The van der Waals surface area contributed by atoms with Crippen molar-refractivity contribution < 1.29 is 9.18 Å². The van der Waals surface area contributed by atoms with Crippen LogP contribution in [0, 0.1) is 5.82 Å². The van der Waals surface area contributed by atoms with Crippen LogP contribution in [0.4, 0.5) is 10.1 Å². The second-order valence-corrected chi connectivity index (χ2v) is 7.04. The molecule has 0 radical (unpaired) electrons. The summed E-state index contributed by atoms with van der Waals surface area (Å²) >= 11 is 13.2. The fourth-order valence-corrected chi connectivity index (χ4v) is 3.44. The predicted molar refractivity (Wildman–Crippen MR) is 102 cm³/mol. The Morgan fingerprint density at radius 1 is 1.15 bits per heavy atom. The molecule has 1 amide bonds. The van der Waals surface area contributed by atoms with Gasteiger partial charge in [0.2, 0.25) is 5.91 Å². The molecule has 0 aliphatic heterocycles. The summed E-state index contributed by atoms with van der Waals surface area (Å²) in [6.07, 6.45) is 0. The number of thioether (sulfide) groups is 1. The Kier molecular flexibility index (Phi) is 5.80. The number of aromatic nitrogens is 3. The number of nitrogens with one attached hydrogen (secondary N) is 1. The summed E-state index contributed by atoms with van der Waals surface area (Å²) in [5.74, 6) is -0.212. The summed E-state index contributed by atoms with van der Waals surface area (Å²) < 4.78 is 15.6. The summed E-state index contributed by atoms with van der Waals surface area (Å²) in [6.45, 7) is 0. The first-order chi connectivity index (χ1) is 12.5. The number of para-hydroxylation sites is 1. The number of rotatable bonds is 5. The van der Waals surface area contributed by atoms with Crippen molar-refractivity contribution in [1.82, 2.24) is 14.8 Å². The van der Waals surface area contributed by atoms with Gasteiger partial charge in [-0.05, 0) is 24.3 Å². The van der Waals surface area contributed by atoms with Crippen LogP contribution >= 0.6 is 35.0 Å². The van der Waals surface area contributed by atoms with Crippen molar-refractivity contribution in [2.75, 3.05) is 11.1 Å². The second-order valence-electron chi connectivity index (χ2n) is 5.28. The fourth-order valence-electron chi connectivity index (χ4n) is 2.24. The average Bonchev–Trinajstić information content (AvgIpc) is 2.97. The van der Waals surface area contributed by atoms with E-state index >= 15 is 0 Å². The third kappa shape index (κ3) is 4.00. The van der Waals surface area contributed by atoms with Gasteiger partial charge in [-0.15, -0.1) is 10.2 Å². The molecule has 9 heteroatoms. The highest BCUT2D eigenvalue weighted by molar-refractivity contribution is 7.99. The third-order valence-corrected chi connectivity index (χ3v) is 5.16. The smallest absolute Gasteiger partial charge is 0.234 e. The van der Waals surface area contributed by atoms with Crippen LogP contribution in [0.5, 0.6) is 0 Å². The van der Waals surface area contributed by atoms with Crippen LogP contribution in [0.3, 0.4) is 0 Å². The number of hydrogen-bond acceptors (Lipinski definition) is 4. The quantitative estimate of drug-likeness (QED) is 0.621. The van der Waals surface area contributed by atoms with Gasteiger partial charge in [0.1, 0.15) is 5.82 Å². The molecule has 0 unspecified atom stereocenters. The summed E-state index contributed by atoms with van der Waals surface area (Å²) in [7, 11) is 1.72. The normalized spacial score (nSPS) is 10.8. The standard InChI is InChI=1S/C17H13Cl2FN4OS/c1-24-16(10-5-2-3-8-13(10)20)22-23-17(24)26-9-14(25)21-15-11(18)6-4-7-12(15)19/h2-8H,9H2,1H3,(H,21,25). The maximum Gasteiger partial charge on any atom is 0.234 e. The van der Waals surface area contributed by atoms with E-state index in [0.29, 0.717) is 32.3 Å². The Morgan fingerprint density at radius 3 is 2.54 bits per heavy atom. The molecule has 0 aliphatic carbocycles. The molecule has 0 atom stereocenters. The first-order valence-corrected chi connectivity index (χ1v) is 9.22. The number of amides is 1. The van der Waals surface area contributed by atoms with Crippen molar-refractivity contribution in [3.8, 4) is 11.4 Å². The highest BCUT2D eigenvalue weighted by atomic mass is 35.5. The maximum absolute atomic E-state index is 13.9. The zero-order chi connectivity index (χ0) is 18.7. The van der Waals surface area contributed by atoms with Crippen molar-refractivity contribution in [2.24, 2.45) is 7.05 Å². The Morgan fingerprint density at radius 2 is 1.85 bits per heavy atom. The Labute approximate surface area is 163 Å². The number of carbonyl (C=O) groups is 1. The molecule has 0 saturated heterocycles. The van der Waals surface area contributed by atoms with Crippen molar-refractivity contribution in [2.45, 2.75) is 5.16 Å². The maximum atomic E-state index is 13.9. The molecule has 0 saturated carbocycles. The molecule has 3 rings (SSSR count). The minimum absolute atomic E-state index is 0.0742. The Bertz CT molecular complexity index is 943. The molecule has 3 aromatic rings. The number of anilines is 1. The number of carbonyl (C=O) groups excluding carboxylic acids is 1. The van der Waals surface area contributed by atoms with Gasteiger partial charge >= 0.3 is 0 Å². The zero-order valence-electron chi connectivity index (χ0n) is 13.5. The van der Waals surface area contributed by atoms with Crippen LogP contribution < -0.4 is 5.32 Å². The molecule has 26 heavy (non-hydrogen) atoms. The van der Waals surface area contributed by atoms with E-state index < -0.39 is 0 Å². The fraction of sp³-hybridized carbons (Fsp3) is 0.118. The molecular formula is C17H13Cl2FN4OS. The van der Waals surface area contributed by atoms with Crippen molar-refractivity contribution >= 4 is 46.6 Å². The monoisotopic (exact) mass is 410 g/mol. The molecule has 134 valence electrons. The van der Waals surface area contributed by atoms with Gasteiger partial charge in [0.05, 0.1) is 27.0 Å². The Balaban J connectivity index is 1.69. The van der Waals surface area contributed by atoms with Crippen LogP contribution in [0.15, 0.2) is 47.6 Å². The molecule has 0 fully saturated rings. The van der Waals surface area contributed by atoms with E-state index in [1.165, 1.54) is 17.8 Å². The molecule has 1 N–H and O–H groups in total. The Hall–Kier alpha value is -2.09. The minimum atomic E-state index is -0.384. The lowest BCUT2D eigenvalue weighted by Gasteiger charge is -2.09. The topological polar surface area (TPSA) is 59.8 Å². The van der Waals surface area contributed by atoms with E-state index in [0.717, 1.165) is 0 Å². The second kappa shape index (κ2) is 8.07. The van der Waals surface area contributed by atoms with E-state index in [1.54, 1.807) is 48.0 Å². The zero-order valence-corrected chi connectivity index (χ0v) is 15.9. The van der Waals surface area contributed by atoms with Gasteiger partial charge in [-0.1, -0.05) is 53.2 Å². The third-order valence-electron chi connectivity index (χ3n) is 3.51. The lowest BCUT2D eigenvalue weighted by atomic mass is 10.2. The molecule has 0 spiro atoms. The van der Waals surface area contributed by atoms with Crippen LogP contribution in [0.25, 0.3) is 11.4 Å². The summed E-state index contributed by atoms with van der Waals surface area (Å²) in [4.78, 5) is 12.2. The molecule has 5 nitrogen and oxygen atoms in total. The summed E-state index contributed by atoms with van der Waals surface area (Å²) in [5, 5.41) is 11.9. The first kappa shape index (κ1) is 18.7. The lowest BCUT2D eigenvalue weighted by Crippen LogP contribution is -2.15. The summed E-state index contributed by atoms with van der Waals surface area (Å²) in [5.41, 5.74) is 0.716. The van der Waals surface area contributed by atoms with Crippen molar-refractivity contribution in [3.05, 3.63) is 58.3 Å². The van der Waals surface area contributed by atoms with E-state index in [1.807, 2.05) is 0 Å². The molecule has 0 bridgehead atoms. The molecule has 0 aliphatic rings. The predicted octanol–water partition coefficient (Wildman–Crippen LogP) is 4.66. The van der Waals surface area contributed by atoms with Crippen LogP contribution in [0.2, 0.25) is 10.0 Å². The van der Waals surface area contributed by atoms with Crippen molar-refractivity contribution in [3.63, 3.8) is 0 Å². The largest absolute Gasteiger partial charge is 0.323 e. The highest BCUT2D eigenvalue weighted by Crippen LogP contribution is 2.30. The first-order valence-electron chi connectivity index (χ1n) is 7.48. The van der Waals surface area contributed by atoms with Gasteiger partial charge in [0, 0.05) is 7.05 Å². The molecular weight excluding hydrogens is 398 g/mol. The van der Waals surface area contributed by atoms with Crippen molar-refractivity contribution in [1.29, 1.82) is 0 Å². The number of nitrogens with zero attached hydrogens (tertiary/aromatic N) is 3. The van der Waals surface area contributed by atoms with Gasteiger partial charge < -0.3 is 9.88 Å². The minimum Gasteiger partial charge on any atom is -0.323 e. The van der Waals surface area contributed by atoms with Gasteiger partial charge in [-0.25, -0.2) is 4.39 Å². The highest BCUT2D eigenvalue weighted by Gasteiger charge is 2.16. The average molecular weight is 411 g/mol. The van der Waals surface area contributed by atoms with Gasteiger partial charge in [-0.2, -0.15) is 0 Å². The van der Waals surface area contributed by atoms with E-state index in [-0.39, 0.29) is 17.5 Å². The van der Waals surface area contributed by atoms with Crippen LogP contribution in [-0.4, -0.2) is 26.4 Å². The SMILES string of the molecule is Cn1c(SCC(=O)Nc2c(Cl)cccc2Cl)nnc1-c1ccccc1F. The molecule has 1 heterocycles. The van der Waals surface area contributed by atoms with E-state index in [2.05, 4.69) is 15.5 Å². The van der Waals surface area contributed by atoms with Gasteiger partial charge in [0.25, 0.3) is 0 Å².